The fraction of sp³-hybridized carbons (Fsp3) is 0.400. The van der Waals surface area contributed by atoms with Gasteiger partial charge in [-0.2, -0.15) is 8.42 Å². The van der Waals surface area contributed by atoms with Crippen LogP contribution in [0.25, 0.3) is 0 Å². The molecule has 82 valence electrons. The first kappa shape index (κ1) is 10.4. The minimum atomic E-state index is -3.60. The van der Waals surface area contributed by atoms with E-state index >= 15 is 0 Å². The van der Waals surface area contributed by atoms with E-state index in [2.05, 4.69) is 13.0 Å². The molecule has 1 aromatic carbocycles. The molecule has 4 nitrogen and oxygen atoms in total. The lowest BCUT2D eigenvalue weighted by atomic mass is 10.1. The molecule has 0 bridgehead atoms. The van der Waals surface area contributed by atoms with E-state index in [0.717, 1.165) is 24.1 Å². The predicted molar refractivity (Wildman–Crippen MR) is 60.0 cm³/mol. The van der Waals surface area contributed by atoms with E-state index in [1.165, 1.54) is 9.87 Å². The first-order chi connectivity index (χ1) is 7.02. The number of nitrogens with zero attached hydrogens (tertiary/aromatic N) is 1. The van der Waals surface area contributed by atoms with Crippen molar-refractivity contribution in [2.24, 2.45) is 5.14 Å². The number of anilines is 1. The molecule has 1 heterocycles. The smallest absolute Gasteiger partial charge is 0.257 e. The van der Waals surface area contributed by atoms with Gasteiger partial charge in [-0.3, -0.25) is 4.31 Å². The molecular weight excluding hydrogens is 212 g/mol. The summed E-state index contributed by atoms with van der Waals surface area (Å²) in [5.41, 5.74) is 3.03. The van der Waals surface area contributed by atoms with Crippen molar-refractivity contribution in [1.82, 2.24) is 0 Å². The van der Waals surface area contributed by atoms with Crippen LogP contribution < -0.4 is 9.44 Å². The van der Waals surface area contributed by atoms with Gasteiger partial charge < -0.3 is 0 Å². The molecule has 0 amide bonds. The summed E-state index contributed by atoms with van der Waals surface area (Å²) in [6.45, 7) is 2.54. The Morgan fingerprint density at radius 1 is 1.47 bits per heavy atom. The standard InChI is InChI=1S/C10H14N2O2S/c1-2-8-3-4-10-9(7-8)5-6-12(10)15(11,13)14/h3-4,7H,2,5-6H2,1H3,(H2,11,13,14). The van der Waals surface area contributed by atoms with E-state index in [-0.39, 0.29) is 0 Å². The maximum Gasteiger partial charge on any atom is 0.299 e. The molecule has 0 spiro atoms. The van der Waals surface area contributed by atoms with Gasteiger partial charge in [0.25, 0.3) is 10.2 Å². The molecule has 0 aromatic heterocycles. The first-order valence-corrected chi connectivity index (χ1v) is 6.45. The highest BCUT2D eigenvalue weighted by Gasteiger charge is 2.26. The van der Waals surface area contributed by atoms with Crippen LogP contribution in [0.3, 0.4) is 0 Å². The van der Waals surface area contributed by atoms with E-state index in [0.29, 0.717) is 6.54 Å². The lowest BCUT2D eigenvalue weighted by Crippen LogP contribution is -2.35. The molecule has 0 radical (unpaired) electrons. The van der Waals surface area contributed by atoms with Gasteiger partial charge in [-0.15, -0.1) is 0 Å². The Kier molecular flexibility index (Phi) is 2.44. The van der Waals surface area contributed by atoms with Crippen LogP contribution in [-0.2, 0) is 23.1 Å². The molecule has 5 heteroatoms. The number of benzene rings is 1. The Hall–Kier alpha value is -1.07. The van der Waals surface area contributed by atoms with Crippen molar-refractivity contribution in [3.8, 4) is 0 Å². The average Bonchev–Trinajstić information content (AvgIpc) is 2.59. The van der Waals surface area contributed by atoms with E-state index in [1.807, 2.05) is 12.1 Å². The molecule has 0 atom stereocenters. The van der Waals surface area contributed by atoms with Gasteiger partial charge in [0, 0.05) is 6.54 Å². The van der Waals surface area contributed by atoms with Crippen LogP contribution >= 0.6 is 0 Å². The second-order valence-electron chi connectivity index (χ2n) is 3.68. The summed E-state index contributed by atoms with van der Waals surface area (Å²) in [6, 6.07) is 5.84. The first-order valence-electron chi connectivity index (χ1n) is 4.94. The van der Waals surface area contributed by atoms with Crippen LogP contribution in [0.15, 0.2) is 18.2 Å². The minimum Gasteiger partial charge on any atom is -0.257 e. The van der Waals surface area contributed by atoms with Gasteiger partial charge in [0.05, 0.1) is 5.69 Å². The van der Waals surface area contributed by atoms with Crippen molar-refractivity contribution in [2.45, 2.75) is 19.8 Å². The number of fused-ring (bicyclic) bond motifs is 1. The van der Waals surface area contributed by atoms with E-state index in [1.54, 1.807) is 0 Å². The third-order valence-electron chi connectivity index (χ3n) is 2.71. The van der Waals surface area contributed by atoms with Crippen LogP contribution in [0.2, 0.25) is 0 Å². The van der Waals surface area contributed by atoms with Crippen LogP contribution in [0.5, 0.6) is 0 Å². The van der Waals surface area contributed by atoms with Crippen molar-refractivity contribution in [2.75, 3.05) is 10.8 Å². The summed E-state index contributed by atoms with van der Waals surface area (Å²) < 4.78 is 23.8. The van der Waals surface area contributed by atoms with Gasteiger partial charge in [-0.25, -0.2) is 5.14 Å². The molecule has 1 aliphatic rings. The van der Waals surface area contributed by atoms with Crippen molar-refractivity contribution < 1.29 is 8.42 Å². The topological polar surface area (TPSA) is 63.4 Å². The molecule has 0 saturated carbocycles. The van der Waals surface area contributed by atoms with Gasteiger partial charge >= 0.3 is 0 Å². The fourth-order valence-electron chi connectivity index (χ4n) is 1.91. The molecule has 0 fully saturated rings. The largest absolute Gasteiger partial charge is 0.299 e. The predicted octanol–water partition coefficient (Wildman–Crippen LogP) is 0.815. The second kappa shape index (κ2) is 3.50. The van der Waals surface area contributed by atoms with Crippen molar-refractivity contribution in [3.63, 3.8) is 0 Å². The second-order valence-corrected chi connectivity index (χ2v) is 5.15. The van der Waals surface area contributed by atoms with E-state index < -0.39 is 10.2 Å². The SMILES string of the molecule is CCc1ccc2c(c1)CCN2S(N)(=O)=O. The van der Waals surface area contributed by atoms with Crippen molar-refractivity contribution in [1.29, 1.82) is 0 Å². The number of nitrogens with two attached hydrogens (primary N) is 1. The lowest BCUT2D eigenvalue weighted by molar-refractivity contribution is 0.594. The molecule has 0 unspecified atom stereocenters. The highest BCUT2D eigenvalue weighted by atomic mass is 32.2. The Morgan fingerprint density at radius 3 is 2.80 bits per heavy atom. The summed E-state index contributed by atoms with van der Waals surface area (Å²) in [6.07, 6.45) is 1.71. The van der Waals surface area contributed by atoms with Crippen molar-refractivity contribution in [3.05, 3.63) is 29.3 Å². The number of hydrogen-bond donors (Lipinski definition) is 1. The van der Waals surface area contributed by atoms with Gasteiger partial charge in [-0.05, 0) is 30.0 Å². The van der Waals surface area contributed by atoms with Gasteiger partial charge in [0.2, 0.25) is 0 Å². The number of aryl methyl sites for hydroxylation is 1. The summed E-state index contributed by atoms with van der Waals surface area (Å²) in [5, 5.41) is 5.12. The summed E-state index contributed by atoms with van der Waals surface area (Å²) in [7, 11) is -3.60. The lowest BCUT2D eigenvalue weighted by Gasteiger charge is -2.15. The molecular formula is C10H14N2O2S. The van der Waals surface area contributed by atoms with Gasteiger partial charge in [0.15, 0.2) is 0 Å². The maximum atomic E-state index is 11.3. The van der Waals surface area contributed by atoms with Crippen LogP contribution in [0.1, 0.15) is 18.1 Å². The molecule has 1 aromatic rings. The third kappa shape index (κ3) is 1.85. The normalized spacial score (nSPS) is 15.5. The molecule has 15 heavy (non-hydrogen) atoms. The van der Waals surface area contributed by atoms with E-state index in [9.17, 15) is 8.42 Å². The summed E-state index contributed by atoms with van der Waals surface area (Å²) >= 11 is 0. The zero-order valence-corrected chi connectivity index (χ0v) is 9.42. The molecule has 2 rings (SSSR count). The van der Waals surface area contributed by atoms with Crippen molar-refractivity contribution >= 4 is 15.9 Å². The Morgan fingerprint density at radius 2 is 2.20 bits per heavy atom. The Bertz CT molecular complexity index is 482. The number of rotatable bonds is 2. The van der Waals surface area contributed by atoms with Gasteiger partial charge in [0.1, 0.15) is 0 Å². The molecule has 0 aliphatic carbocycles. The van der Waals surface area contributed by atoms with E-state index in [4.69, 9.17) is 5.14 Å². The van der Waals surface area contributed by atoms with Crippen LogP contribution in [0, 0.1) is 0 Å². The highest BCUT2D eigenvalue weighted by molar-refractivity contribution is 7.90. The average molecular weight is 226 g/mol. The maximum absolute atomic E-state index is 11.3. The summed E-state index contributed by atoms with van der Waals surface area (Å²) in [5.74, 6) is 0. The van der Waals surface area contributed by atoms with Gasteiger partial charge in [-0.1, -0.05) is 19.1 Å². The molecule has 1 aliphatic heterocycles. The number of hydrogen-bond acceptors (Lipinski definition) is 2. The quantitative estimate of drug-likeness (QED) is 0.811. The highest BCUT2D eigenvalue weighted by Crippen LogP contribution is 2.30. The zero-order valence-electron chi connectivity index (χ0n) is 8.60. The summed E-state index contributed by atoms with van der Waals surface area (Å²) in [4.78, 5) is 0. The Labute approximate surface area is 89.9 Å². The Balaban J connectivity index is 2.45. The zero-order chi connectivity index (χ0) is 11.1. The van der Waals surface area contributed by atoms with Crippen LogP contribution in [-0.4, -0.2) is 15.0 Å². The monoisotopic (exact) mass is 226 g/mol. The third-order valence-corrected chi connectivity index (χ3v) is 3.71. The molecule has 0 saturated heterocycles. The van der Waals surface area contributed by atoms with Crippen LogP contribution in [0.4, 0.5) is 5.69 Å². The fourth-order valence-corrected chi connectivity index (χ4v) is 2.71. The minimum absolute atomic E-state index is 0.460. The molecule has 2 N–H and O–H groups in total.